The van der Waals surface area contributed by atoms with Crippen molar-refractivity contribution in [2.45, 2.75) is 58.9 Å². The van der Waals surface area contributed by atoms with Crippen molar-refractivity contribution in [1.82, 2.24) is 4.90 Å². The summed E-state index contributed by atoms with van der Waals surface area (Å²) in [5.41, 5.74) is 1.20. The lowest BCUT2D eigenvalue weighted by molar-refractivity contribution is 0.0644. The van der Waals surface area contributed by atoms with E-state index in [0.717, 1.165) is 37.1 Å². The van der Waals surface area contributed by atoms with E-state index in [0.29, 0.717) is 0 Å². The second-order valence-electron chi connectivity index (χ2n) is 6.73. The molecule has 0 amide bonds. The lowest BCUT2D eigenvalue weighted by atomic mass is 9.88. The summed E-state index contributed by atoms with van der Waals surface area (Å²) in [4.78, 5) is 15.2. The van der Waals surface area contributed by atoms with Gasteiger partial charge in [-0.05, 0) is 70.8 Å². The minimum absolute atomic E-state index is 0.0978. The van der Waals surface area contributed by atoms with E-state index < -0.39 is 5.54 Å². The van der Waals surface area contributed by atoms with Crippen LogP contribution in [0, 0.1) is 19.7 Å². The van der Waals surface area contributed by atoms with Crippen LogP contribution >= 0.6 is 0 Å². The average Bonchev–Trinajstić information content (AvgIpc) is 2.66. The number of hydrogen-bond donors (Lipinski definition) is 0. The van der Waals surface area contributed by atoms with Crippen LogP contribution in [0.25, 0.3) is 0 Å². The van der Waals surface area contributed by atoms with Gasteiger partial charge in [0.1, 0.15) is 5.82 Å². The third-order valence-corrected chi connectivity index (χ3v) is 4.61. The first-order valence-electron chi connectivity index (χ1n) is 7.90. The van der Waals surface area contributed by atoms with Crippen LogP contribution in [0.2, 0.25) is 0 Å². The predicted molar refractivity (Wildman–Crippen MR) is 84.3 cm³/mol. The maximum absolute atomic E-state index is 14.3. The molecule has 116 valence electrons. The molecule has 1 fully saturated rings. The van der Waals surface area contributed by atoms with Crippen molar-refractivity contribution < 1.29 is 9.18 Å². The van der Waals surface area contributed by atoms with Crippen LogP contribution in [0.4, 0.5) is 4.39 Å². The van der Waals surface area contributed by atoms with E-state index in [4.69, 9.17) is 0 Å². The van der Waals surface area contributed by atoms with Crippen molar-refractivity contribution >= 4 is 5.78 Å². The number of carbonyl (C=O) groups is 1. The largest absolute Gasteiger partial charge is 0.292 e. The topological polar surface area (TPSA) is 20.3 Å². The lowest BCUT2D eigenvalue weighted by Gasteiger charge is -2.37. The Morgan fingerprint density at radius 2 is 1.67 bits per heavy atom. The zero-order chi connectivity index (χ0) is 15.6. The molecule has 21 heavy (non-hydrogen) atoms. The summed E-state index contributed by atoms with van der Waals surface area (Å²) in [7, 11) is 0. The molecular formula is C18H26FNO. The Balaban J connectivity index is 2.33. The van der Waals surface area contributed by atoms with Crippen LogP contribution in [-0.2, 0) is 0 Å². The van der Waals surface area contributed by atoms with Crippen molar-refractivity contribution in [2.24, 2.45) is 0 Å². The number of halogens is 1. The van der Waals surface area contributed by atoms with Crippen molar-refractivity contribution in [3.05, 3.63) is 34.6 Å². The number of benzene rings is 1. The molecule has 0 unspecified atom stereocenters. The summed E-state index contributed by atoms with van der Waals surface area (Å²) in [6.07, 6.45) is 4.68. The second-order valence-corrected chi connectivity index (χ2v) is 6.73. The minimum atomic E-state index is -0.648. The first kappa shape index (κ1) is 16.2. The quantitative estimate of drug-likeness (QED) is 0.775. The molecule has 1 aliphatic heterocycles. The molecule has 2 rings (SSSR count). The number of rotatable bonds is 3. The van der Waals surface area contributed by atoms with E-state index in [-0.39, 0.29) is 17.2 Å². The van der Waals surface area contributed by atoms with Gasteiger partial charge in [-0.2, -0.15) is 0 Å². The molecule has 0 aliphatic carbocycles. The Morgan fingerprint density at radius 3 is 2.19 bits per heavy atom. The van der Waals surface area contributed by atoms with Crippen LogP contribution in [0.3, 0.4) is 0 Å². The SMILES string of the molecule is Cc1cc(C)c(C(=O)C(C)(C)N2CCCCCC2)c(F)c1. The molecule has 3 heteroatoms. The highest BCUT2D eigenvalue weighted by Crippen LogP contribution is 2.27. The number of nitrogens with zero attached hydrogens (tertiary/aromatic N) is 1. The minimum Gasteiger partial charge on any atom is -0.292 e. The zero-order valence-corrected chi connectivity index (χ0v) is 13.6. The molecule has 0 N–H and O–H groups in total. The van der Waals surface area contributed by atoms with Crippen LogP contribution in [0.5, 0.6) is 0 Å². The number of hydrogen-bond acceptors (Lipinski definition) is 2. The van der Waals surface area contributed by atoms with E-state index in [1.807, 2.05) is 33.8 Å². The normalized spacial score (nSPS) is 17.6. The molecule has 0 saturated carbocycles. The zero-order valence-electron chi connectivity index (χ0n) is 13.6. The molecule has 1 aromatic rings. The fraction of sp³-hybridized carbons (Fsp3) is 0.611. The van der Waals surface area contributed by atoms with E-state index in [2.05, 4.69) is 4.90 Å². The van der Waals surface area contributed by atoms with Gasteiger partial charge in [-0.3, -0.25) is 9.69 Å². The molecule has 1 heterocycles. The predicted octanol–water partition coefficient (Wildman–Crippen LogP) is 4.28. The van der Waals surface area contributed by atoms with Crippen LogP contribution < -0.4 is 0 Å². The van der Waals surface area contributed by atoms with Gasteiger partial charge in [0.2, 0.25) is 0 Å². The molecule has 1 aliphatic rings. The summed E-state index contributed by atoms with van der Waals surface area (Å²) in [6.45, 7) is 9.38. The van der Waals surface area contributed by atoms with Crippen LogP contribution in [0.1, 0.15) is 61.0 Å². The van der Waals surface area contributed by atoms with Crippen molar-refractivity contribution in [3.63, 3.8) is 0 Å². The maximum Gasteiger partial charge on any atom is 0.185 e. The maximum atomic E-state index is 14.3. The smallest absolute Gasteiger partial charge is 0.185 e. The summed E-state index contributed by atoms with van der Waals surface area (Å²) >= 11 is 0. The first-order chi connectivity index (χ1) is 9.84. The van der Waals surface area contributed by atoms with E-state index in [1.54, 1.807) is 0 Å². The van der Waals surface area contributed by atoms with Crippen molar-refractivity contribution in [1.29, 1.82) is 0 Å². The van der Waals surface area contributed by atoms with Gasteiger partial charge < -0.3 is 0 Å². The monoisotopic (exact) mass is 291 g/mol. The third kappa shape index (κ3) is 3.34. The Bertz CT molecular complexity index is 505. The van der Waals surface area contributed by atoms with Gasteiger partial charge in [0.25, 0.3) is 0 Å². The van der Waals surface area contributed by atoms with Crippen LogP contribution in [0.15, 0.2) is 12.1 Å². The third-order valence-electron chi connectivity index (χ3n) is 4.61. The average molecular weight is 291 g/mol. The standard InChI is InChI=1S/C18H26FNO/c1-13-11-14(2)16(15(19)12-13)17(21)18(3,4)20-9-7-5-6-8-10-20/h11-12H,5-10H2,1-4H3. The van der Waals surface area contributed by atoms with Crippen molar-refractivity contribution in [2.75, 3.05) is 13.1 Å². The second kappa shape index (κ2) is 6.27. The highest BCUT2D eigenvalue weighted by molar-refractivity contribution is 6.04. The molecule has 0 aromatic heterocycles. The summed E-state index contributed by atoms with van der Waals surface area (Å²) in [5.74, 6) is -0.486. The van der Waals surface area contributed by atoms with Gasteiger partial charge >= 0.3 is 0 Å². The Hall–Kier alpha value is -1.22. The molecule has 0 radical (unpaired) electrons. The summed E-state index contributed by atoms with van der Waals surface area (Å²) in [5, 5.41) is 0. The number of likely N-dealkylation sites (tertiary alicyclic amines) is 1. The Labute approximate surface area is 127 Å². The number of ketones is 1. The first-order valence-corrected chi connectivity index (χ1v) is 7.90. The molecular weight excluding hydrogens is 265 g/mol. The number of aryl methyl sites for hydroxylation is 2. The highest BCUT2D eigenvalue weighted by Gasteiger charge is 2.37. The van der Waals surface area contributed by atoms with Crippen LogP contribution in [-0.4, -0.2) is 29.3 Å². The molecule has 1 saturated heterocycles. The van der Waals surface area contributed by atoms with Gasteiger partial charge in [-0.15, -0.1) is 0 Å². The molecule has 0 atom stereocenters. The van der Waals surface area contributed by atoms with E-state index >= 15 is 0 Å². The van der Waals surface area contributed by atoms with Gasteiger partial charge in [0, 0.05) is 0 Å². The Morgan fingerprint density at radius 1 is 1.10 bits per heavy atom. The fourth-order valence-corrected chi connectivity index (χ4v) is 3.28. The van der Waals surface area contributed by atoms with Gasteiger partial charge in [0.15, 0.2) is 5.78 Å². The van der Waals surface area contributed by atoms with Gasteiger partial charge in [-0.1, -0.05) is 18.9 Å². The fourth-order valence-electron chi connectivity index (χ4n) is 3.28. The van der Waals surface area contributed by atoms with Gasteiger partial charge in [-0.25, -0.2) is 4.39 Å². The molecule has 0 bridgehead atoms. The van der Waals surface area contributed by atoms with Crippen molar-refractivity contribution in [3.8, 4) is 0 Å². The molecule has 0 spiro atoms. The summed E-state index contributed by atoms with van der Waals surface area (Å²) < 4.78 is 14.3. The number of carbonyl (C=O) groups excluding carboxylic acids is 1. The van der Waals surface area contributed by atoms with E-state index in [9.17, 15) is 9.18 Å². The Kier molecular flexibility index (Phi) is 4.82. The lowest BCUT2D eigenvalue weighted by Crippen LogP contribution is -2.50. The molecule has 2 nitrogen and oxygen atoms in total. The van der Waals surface area contributed by atoms with E-state index in [1.165, 1.54) is 18.9 Å². The number of Topliss-reactive ketones (excluding diaryl/α,β-unsaturated/α-hetero) is 1. The highest BCUT2D eigenvalue weighted by atomic mass is 19.1. The van der Waals surface area contributed by atoms with Gasteiger partial charge in [0.05, 0.1) is 11.1 Å². The summed E-state index contributed by atoms with van der Waals surface area (Å²) in [6, 6.07) is 3.34. The molecule has 1 aromatic carbocycles.